The van der Waals surface area contributed by atoms with Gasteiger partial charge >= 0.3 is 11.9 Å². The maximum atomic E-state index is 11.9. The lowest BCUT2D eigenvalue weighted by Gasteiger charge is -2.10. The maximum Gasteiger partial charge on any atom is 0.330 e. The molecular formula is C19H23NO8. The highest BCUT2D eigenvalue weighted by Gasteiger charge is 2.10. The second-order valence-corrected chi connectivity index (χ2v) is 5.40. The van der Waals surface area contributed by atoms with Crippen LogP contribution < -0.4 is 9.47 Å². The molecule has 0 radical (unpaired) electrons. The second-order valence-electron chi connectivity index (χ2n) is 5.40. The topological polar surface area (TPSA) is 114 Å². The average molecular weight is 393 g/mol. The summed E-state index contributed by atoms with van der Waals surface area (Å²) in [5, 5.41) is 9.01. The van der Waals surface area contributed by atoms with Crippen molar-refractivity contribution >= 4 is 18.0 Å². The first-order valence-corrected chi connectivity index (χ1v) is 8.58. The lowest BCUT2D eigenvalue weighted by molar-refractivity contribution is -0.757. The van der Waals surface area contributed by atoms with E-state index >= 15 is 0 Å². The Bertz CT molecular complexity index is 727. The van der Waals surface area contributed by atoms with Gasteiger partial charge in [0.2, 0.25) is 0 Å². The maximum absolute atomic E-state index is 11.9. The van der Waals surface area contributed by atoms with E-state index in [0.29, 0.717) is 24.2 Å². The van der Waals surface area contributed by atoms with E-state index in [1.165, 1.54) is 13.2 Å². The average Bonchev–Trinajstić information content (AvgIpc) is 2.67. The van der Waals surface area contributed by atoms with Gasteiger partial charge in [-0.25, -0.2) is 4.79 Å². The number of hydrogen-bond acceptors (Lipinski definition) is 8. The molecule has 28 heavy (non-hydrogen) atoms. The Balaban J connectivity index is 2.58. The minimum Gasteiger partial charge on any atom is -0.493 e. The number of nitrogens with zero attached hydrogens (tertiary/aromatic N) is 1. The summed E-state index contributed by atoms with van der Waals surface area (Å²) in [4.78, 5) is 37.4. The Morgan fingerprint density at radius 1 is 1.21 bits per heavy atom. The monoisotopic (exact) mass is 393 g/mol. The zero-order chi connectivity index (χ0) is 20.8. The lowest BCUT2D eigenvalue weighted by atomic mass is 10.2. The zero-order valence-electron chi connectivity index (χ0n) is 15.8. The Morgan fingerprint density at radius 3 is 2.68 bits per heavy atom. The molecule has 1 aromatic carbocycles. The Labute approximate surface area is 162 Å². The van der Waals surface area contributed by atoms with Gasteiger partial charge in [0, 0.05) is 12.5 Å². The molecular weight excluding hydrogens is 370 g/mol. The summed E-state index contributed by atoms with van der Waals surface area (Å²) in [6, 6.07) is 4.81. The van der Waals surface area contributed by atoms with E-state index in [9.17, 15) is 19.7 Å². The van der Waals surface area contributed by atoms with Crippen LogP contribution in [0.25, 0.3) is 6.08 Å². The number of rotatable bonds is 12. The van der Waals surface area contributed by atoms with Gasteiger partial charge in [0.15, 0.2) is 11.5 Å². The van der Waals surface area contributed by atoms with Crippen molar-refractivity contribution in [3.8, 4) is 11.5 Å². The third-order valence-corrected chi connectivity index (χ3v) is 3.34. The number of methoxy groups -OCH3 is 1. The number of benzene rings is 1. The molecule has 1 aromatic rings. The van der Waals surface area contributed by atoms with Crippen LogP contribution in [-0.2, 0) is 19.2 Å². The van der Waals surface area contributed by atoms with Crippen molar-refractivity contribution in [3.05, 3.63) is 52.1 Å². The molecule has 0 aliphatic carbocycles. The number of carbonyl (C=O) groups excluding carboxylic acids is 2. The summed E-state index contributed by atoms with van der Waals surface area (Å²) in [5.41, 5.74) is 0.614. The molecule has 0 aromatic heterocycles. The van der Waals surface area contributed by atoms with Crippen LogP contribution in [0.15, 0.2) is 36.4 Å². The Hall–Kier alpha value is -3.36. The fourth-order valence-corrected chi connectivity index (χ4v) is 2.04. The van der Waals surface area contributed by atoms with Crippen LogP contribution in [0.2, 0.25) is 0 Å². The highest BCUT2D eigenvalue weighted by Crippen LogP contribution is 2.29. The molecule has 0 aliphatic heterocycles. The van der Waals surface area contributed by atoms with E-state index in [1.807, 2.05) is 19.1 Å². The van der Waals surface area contributed by atoms with Crippen LogP contribution >= 0.6 is 0 Å². The van der Waals surface area contributed by atoms with Crippen molar-refractivity contribution < 1.29 is 33.7 Å². The number of unbranched alkanes of at least 4 members (excludes halogenated alkanes) is 1. The Morgan fingerprint density at radius 2 is 2.00 bits per heavy atom. The molecule has 9 heteroatoms. The van der Waals surface area contributed by atoms with Gasteiger partial charge in [-0.1, -0.05) is 18.2 Å². The predicted octanol–water partition coefficient (Wildman–Crippen LogP) is 3.11. The third-order valence-electron chi connectivity index (χ3n) is 3.34. The van der Waals surface area contributed by atoms with E-state index in [1.54, 1.807) is 18.2 Å². The van der Waals surface area contributed by atoms with Crippen molar-refractivity contribution in [1.82, 2.24) is 0 Å². The minimum atomic E-state index is -0.966. The standard InChI is InChI=1S/C19H23NO8/c1-3-4-5-6-7-19(22)28-16-10-8-15(14-17(16)25-2)9-11-18(21)26-12-13-27-20(23)24/h3-4,8-11,14H,5-7,12-13H2,1-2H3/b4-3-,11-9+. The molecule has 0 heterocycles. The Kier molecular flexibility index (Phi) is 10.5. The van der Waals surface area contributed by atoms with E-state index in [-0.39, 0.29) is 24.9 Å². The lowest BCUT2D eigenvalue weighted by Crippen LogP contribution is -2.11. The summed E-state index contributed by atoms with van der Waals surface area (Å²) < 4.78 is 15.3. The van der Waals surface area contributed by atoms with Crippen LogP contribution in [0.4, 0.5) is 0 Å². The van der Waals surface area contributed by atoms with Gasteiger partial charge in [0.1, 0.15) is 13.2 Å². The van der Waals surface area contributed by atoms with Gasteiger partial charge in [-0.2, -0.15) is 0 Å². The highest BCUT2D eigenvalue weighted by atomic mass is 17.0. The number of ether oxygens (including phenoxy) is 3. The third kappa shape index (κ3) is 9.37. The molecule has 0 saturated heterocycles. The predicted molar refractivity (Wildman–Crippen MR) is 100 cm³/mol. The van der Waals surface area contributed by atoms with Crippen LogP contribution in [0.1, 0.15) is 31.7 Å². The number of esters is 2. The molecule has 152 valence electrons. The zero-order valence-corrected chi connectivity index (χ0v) is 15.8. The number of allylic oxidation sites excluding steroid dienone is 2. The summed E-state index contributed by atoms with van der Waals surface area (Å²) in [6.07, 6.45) is 8.34. The minimum absolute atomic E-state index is 0.240. The molecule has 0 spiro atoms. The number of carbonyl (C=O) groups is 2. The molecule has 9 nitrogen and oxygen atoms in total. The van der Waals surface area contributed by atoms with E-state index in [2.05, 4.69) is 4.84 Å². The van der Waals surface area contributed by atoms with Gasteiger partial charge in [-0.3, -0.25) is 4.79 Å². The first-order chi connectivity index (χ1) is 13.5. The fourth-order valence-electron chi connectivity index (χ4n) is 2.04. The van der Waals surface area contributed by atoms with Gasteiger partial charge in [-0.15, -0.1) is 10.1 Å². The highest BCUT2D eigenvalue weighted by molar-refractivity contribution is 5.87. The molecule has 1 rings (SSSR count). The second kappa shape index (κ2) is 12.9. The van der Waals surface area contributed by atoms with Crippen LogP contribution in [0, 0.1) is 10.1 Å². The quantitative estimate of drug-likeness (QED) is 0.101. The van der Waals surface area contributed by atoms with Crippen molar-refractivity contribution in [1.29, 1.82) is 0 Å². The molecule has 0 bridgehead atoms. The summed E-state index contributed by atoms with van der Waals surface area (Å²) >= 11 is 0. The van der Waals surface area contributed by atoms with Gasteiger partial charge in [-0.05, 0) is 43.5 Å². The van der Waals surface area contributed by atoms with Crippen molar-refractivity contribution in [2.75, 3.05) is 20.3 Å². The first kappa shape index (κ1) is 22.7. The summed E-state index contributed by atoms with van der Waals surface area (Å²) in [5.74, 6) is -0.402. The smallest absolute Gasteiger partial charge is 0.330 e. The fraction of sp³-hybridized carbons (Fsp3) is 0.368. The van der Waals surface area contributed by atoms with E-state index < -0.39 is 11.1 Å². The molecule has 0 fully saturated rings. The van der Waals surface area contributed by atoms with Crippen molar-refractivity contribution in [3.63, 3.8) is 0 Å². The largest absolute Gasteiger partial charge is 0.493 e. The molecule has 0 amide bonds. The van der Waals surface area contributed by atoms with E-state index in [0.717, 1.165) is 12.5 Å². The van der Waals surface area contributed by atoms with Crippen molar-refractivity contribution in [2.45, 2.75) is 26.2 Å². The van der Waals surface area contributed by atoms with Gasteiger partial charge in [0.05, 0.1) is 7.11 Å². The molecule has 0 saturated carbocycles. The first-order valence-electron chi connectivity index (χ1n) is 8.58. The van der Waals surface area contributed by atoms with E-state index in [4.69, 9.17) is 14.2 Å². The van der Waals surface area contributed by atoms with Crippen LogP contribution in [-0.4, -0.2) is 37.3 Å². The normalized spacial score (nSPS) is 10.8. The van der Waals surface area contributed by atoms with Gasteiger partial charge < -0.3 is 19.0 Å². The molecule has 0 atom stereocenters. The van der Waals surface area contributed by atoms with Crippen LogP contribution in [0.5, 0.6) is 11.5 Å². The summed E-state index contributed by atoms with van der Waals surface area (Å²) in [7, 11) is 1.44. The molecule has 0 unspecified atom stereocenters. The summed E-state index contributed by atoms with van der Waals surface area (Å²) in [6.45, 7) is 1.34. The molecule has 0 N–H and O–H groups in total. The van der Waals surface area contributed by atoms with Gasteiger partial charge in [0.25, 0.3) is 5.09 Å². The van der Waals surface area contributed by atoms with Crippen LogP contribution in [0.3, 0.4) is 0 Å². The molecule has 0 aliphatic rings. The number of hydrogen-bond donors (Lipinski definition) is 0. The van der Waals surface area contributed by atoms with Crippen molar-refractivity contribution in [2.24, 2.45) is 0 Å². The SMILES string of the molecule is C/C=C\CCCC(=O)Oc1ccc(/C=C/C(=O)OCCO[N+](=O)[O-])cc1OC.